The van der Waals surface area contributed by atoms with Gasteiger partial charge in [-0.15, -0.1) is 0 Å². The molecule has 6 nitrogen and oxygen atoms in total. The molecule has 30 heavy (non-hydrogen) atoms. The van der Waals surface area contributed by atoms with E-state index in [1.54, 1.807) is 4.90 Å². The number of ketones is 1. The van der Waals surface area contributed by atoms with Gasteiger partial charge in [0.1, 0.15) is 0 Å². The Morgan fingerprint density at radius 2 is 1.93 bits per heavy atom. The number of carbonyl (C=O) groups excluding carboxylic acids is 2. The number of amides is 1. The van der Waals surface area contributed by atoms with Crippen molar-refractivity contribution in [2.24, 2.45) is 0 Å². The van der Waals surface area contributed by atoms with E-state index in [4.69, 9.17) is 9.47 Å². The van der Waals surface area contributed by atoms with E-state index in [-0.39, 0.29) is 12.0 Å². The molecule has 2 aliphatic rings. The average Bonchev–Trinajstić information content (AvgIpc) is 3.27. The zero-order valence-electron chi connectivity index (χ0n) is 16.6. The first-order chi connectivity index (χ1) is 14.6. The van der Waals surface area contributed by atoms with Gasteiger partial charge >= 0.3 is 0 Å². The van der Waals surface area contributed by atoms with E-state index in [1.165, 1.54) is 0 Å². The van der Waals surface area contributed by atoms with Crippen molar-refractivity contribution in [3.05, 3.63) is 59.3 Å². The molecule has 7 heteroatoms. The highest BCUT2D eigenvalue weighted by molar-refractivity contribution is 7.99. The average molecular weight is 423 g/mol. The quantitative estimate of drug-likeness (QED) is 0.508. The van der Waals surface area contributed by atoms with E-state index < -0.39 is 11.7 Å². The van der Waals surface area contributed by atoms with Gasteiger partial charge in [0.2, 0.25) is 6.79 Å². The summed E-state index contributed by atoms with van der Waals surface area (Å²) in [5.74, 6) is 1.47. The van der Waals surface area contributed by atoms with E-state index in [0.717, 1.165) is 45.8 Å². The predicted octanol–water partition coefficient (Wildman–Crippen LogP) is 4.09. The molecule has 5 rings (SSSR count). The molecule has 1 atom stereocenters. The molecule has 3 heterocycles. The van der Waals surface area contributed by atoms with Crippen LogP contribution in [0.5, 0.6) is 11.5 Å². The maximum atomic E-state index is 13.1. The lowest BCUT2D eigenvalue weighted by atomic mass is 10.0. The third kappa shape index (κ3) is 3.33. The van der Waals surface area contributed by atoms with Crippen LogP contribution in [0, 0.1) is 6.92 Å². The molecule has 1 unspecified atom stereocenters. The summed E-state index contributed by atoms with van der Waals surface area (Å²) in [6.45, 7) is 3.22. The van der Waals surface area contributed by atoms with Crippen molar-refractivity contribution in [3.8, 4) is 11.5 Å². The molecule has 0 saturated carbocycles. The summed E-state index contributed by atoms with van der Waals surface area (Å²) in [5, 5.41) is 1.05. The van der Waals surface area contributed by atoms with Crippen LogP contribution in [-0.4, -0.2) is 47.2 Å². The normalized spacial score (nSPS) is 18.4. The summed E-state index contributed by atoms with van der Waals surface area (Å²) < 4.78 is 10.9. The van der Waals surface area contributed by atoms with Gasteiger partial charge in [0.25, 0.3) is 11.7 Å². The molecule has 1 aromatic heterocycles. The van der Waals surface area contributed by atoms with E-state index in [9.17, 15) is 9.59 Å². The van der Waals surface area contributed by atoms with Crippen LogP contribution >= 0.6 is 11.8 Å². The van der Waals surface area contributed by atoms with Gasteiger partial charge in [-0.1, -0.05) is 24.3 Å². The smallest absolute Gasteiger partial charge is 0.295 e. The Kier molecular flexibility index (Phi) is 4.90. The van der Waals surface area contributed by atoms with Crippen LogP contribution < -0.4 is 9.47 Å². The maximum Gasteiger partial charge on any atom is 0.295 e. The van der Waals surface area contributed by atoms with Gasteiger partial charge in [0, 0.05) is 40.7 Å². The molecule has 2 aromatic carbocycles. The lowest BCUT2D eigenvalue weighted by molar-refractivity contribution is -0.126. The fourth-order valence-electron chi connectivity index (χ4n) is 4.17. The number of thioether (sulfide) groups is 1. The highest BCUT2D eigenvalue weighted by Gasteiger charge is 2.30. The van der Waals surface area contributed by atoms with Gasteiger partial charge in [-0.25, -0.2) is 0 Å². The second kappa shape index (κ2) is 7.72. The second-order valence-electron chi connectivity index (χ2n) is 7.55. The van der Waals surface area contributed by atoms with E-state index in [0.29, 0.717) is 18.7 Å². The van der Waals surface area contributed by atoms with Crippen molar-refractivity contribution in [2.45, 2.75) is 18.6 Å². The van der Waals surface area contributed by atoms with Crippen molar-refractivity contribution in [1.29, 1.82) is 0 Å². The Bertz CT molecular complexity index is 1140. The number of carbonyl (C=O) groups is 2. The van der Waals surface area contributed by atoms with Crippen molar-refractivity contribution in [2.75, 3.05) is 25.6 Å². The number of H-pyrrole nitrogens is 1. The Morgan fingerprint density at radius 1 is 1.10 bits per heavy atom. The standard InChI is InChI=1S/C23H22N2O4S/c1-14-21(16-4-2-3-5-17(16)24-14)22(26)23(27)25-9-8-20(30-11-10-25)15-6-7-18-19(12-15)29-13-28-18/h2-7,12,20,24H,8-11,13H2,1H3. The van der Waals surface area contributed by atoms with Crippen LogP contribution in [-0.2, 0) is 4.79 Å². The van der Waals surface area contributed by atoms with Gasteiger partial charge in [0.15, 0.2) is 11.5 Å². The SMILES string of the molecule is Cc1[nH]c2ccccc2c1C(=O)C(=O)N1CCSC(c2ccc3c(c2)OCO3)CC1. The van der Waals surface area contributed by atoms with Gasteiger partial charge in [-0.05, 0) is 37.1 Å². The number of nitrogens with one attached hydrogen (secondary N) is 1. The zero-order valence-corrected chi connectivity index (χ0v) is 17.5. The van der Waals surface area contributed by atoms with Gasteiger partial charge < -0.3 is 19.4 Å². The minimum Gasteiger partial charge on any atom is -0.454 e. The number of rotatable bonds is 3. The monoisotopic (exact) mass is 422 g/mol. The number of fused-ring (bicyclic) bond motifs is 2. The Balaban J connectivity index is 1.32. The fraction of sp³-hybridized carbons (Fsp3) is 0.304. The van der Waals surface area contributed by atoms with Crippen LogP contribution in [0.2, 0.25) is 0 Å². The van der Waals surface area contributed by atoms with Crippen LogP contribution in [0.3, 0.4) is 0 Å². The number of aryl methyl sites for hydroxylation is 1. The molecule has 1 amide bonds. The summed E-state index contributed by atoms with van der Waals surface area (Å²) in [5.41, 5.74) is 3.26. The molecule has 2 aliphatic heterocycles. The van der Waals surface area contributed by atoms with Crippen LogP contribution in [0.15, 0.2) is 42.5 Å². The number of hydrogen-bond acceptors (Lipinski definition) is 5. The molecule has 0 radical (unpaired) electrons. The minimum absolute atomic E-state index is 0.252. The third-order valence-electron chi connectivity index (χ3n) is 5.71. The number of aromatic amines is 1. The molecule has 1 saturated heterocycles. The Hall–Kier alpha value is -2.93. The summed E-state index contributed by atoms with van der Waals surface area (Å²) in [6, 6.07) is 13.6. The first-order valence-electron chi connectivity index (χ1n) is 10.0. The summed E-state index contributed by atoms with van der Waals surface area (Å²) in [6.07, 6.45) is 0.788. The molecule has 3 aromatic rings. The molecule has 154 valence electrons. The minimum atomic E-state index is -0.434. The largest absolute Gasteiger partial charge is 0.454 e. The second-order valence-corrected chi connectivity index (χ2v) is 8.86. The first kappa shape index (κ1) is 19.1. The lowest BCUT2D eigenvalue weighted by Gasteiger charge is -2.19. The topological polar surface area (TPSA) is 71.6 Å². The maximum absolute atomic E-state index is 13.1. The number of nitrogens with zero attached hydrogens (tertiary/aromatic N) is 1. The van der Waals surface area contributed by atoms with Gasteiger partial charge in [-0.3, -0.25) is 9.59 Å². The molecule has 1 N–H and O–H groups in total. The predicted molar refractivity (Wildman–Crippen MR) is 116 cm³/mol. The first-order valence-corrected chi connectivity index (χ1v) is 11.1. The number of aromatic nitrogens is 1. The molecular formula is C23H22N2O4S. The van der Waals surface area contributed by atoms with E-state index >= 15 is 0 Å². The van der Waals surface area contributed by atoms with Crippen molar-refractivity contribution in [3.63, 3.8) is 0 Å². The number of Topliss-reactive ketones (excluding diaryl/α,β-unsaturated/α-hetero) is 1. The molecule has 0 bridgehead atoms. The van der Waals surface area contributed by atoms with E-state index in [2.05, 4.69) is 11.1 Å². The number of ether oxygens (including phenoxy) is 2. The van der Waals surface area contributed by atoms with Crippen LogP contribution in [0.4, 0.5) is 0 Å². The van der Waals surface area contributed by atoms with Crippen molar-refractivity contribution >= 4 is 34.4 Å². The van der Waals surface area contributed by atoms with Crippen LogP contribution in [0.25, 0.3) is 10.9 Å². The summed E-state index contributed by atoms with van der Waals surface area (Å²) in [4.78, 5) is 31.0. The third-order valence-corrected chi connectivity index (χ3v) is 7.04. The summed E-state index contributed by atoms with van der Waals surface area (Å²) in [7, 11) is 0. The van der Waals surface area contributed by atoms with Crippen molar-refractivity contribution < 1.29 is 19.1 Å². The highest BCUT2D eigenvalue weighted by Crippen LogP contribution is 2.40. The highest BCUT2D eigenvalue weighted by atomic mass is 32.2. The van der Waals surface area contributed by atoms with Gasteiger partial charge in [0.05, 0.1) is 5.56 Å². The number of benzene rings is 2. The van der Waals surface area contributed by atoms with E-state index in [1.807, 2.05) is 55.1 Å². The molecule has 0 aliphatic carbocycles. The zero-order chi connectivity index (χ0) is 20.7. The fourth-order valence-corrected chi connectivity index (χ4v) is 5.39. The summed E-state index contributed by atoms with van der Waals surface area (Å²) >= 11 is 1.81. The van der Waals surface area contributed by atoms with Crippen LogP contribution in [0.1, 0.15) is 33.3 Å². The van der Waals surface area contributed by atoms with Crippen molar-refractivity contribution in [1.82, 2.24) is 9.88 Å². The number of hydrogen-bond donors (Lipinski definition) is 1. The molecule has 0 spiro atoms. The molecule has 1 fully saturated rings. The van der Waals surface area contributed by atoms with Gasteiger partial charge in [-0.2, -0.15) is 11.8 Å². The number of para-hydroxylation sites is 1. The Morgan fingerprint density at radius 3 is 2.83 bits per heavy atom. The molecular weight excluding hydrogens is 400 g/mol. The Labute approximate surface area is 178 Å². The lowest BCUT2D eigenvalue weighted by Crippen LogP contribution is -2.38.